The lowest BCUT2D eigenvalue weighted by Crippen LogP contribution is -2.58. The Morgan fingerprint density at radius 1 is 1.18 bits per heavy atom. The van der Waals surface area contributed by atoms with Gasteiger partial charge >= 0.3 is 5.69 Å². The number of H-pyrrole nitrogens is 1. The van der Waals surface area contributed by atoms with Crippen LogP contribution in [0.25, 0.3) is 0 Å². The zero-order valence-corrected chi connectivity index (χ0v) is 16.1. The second-order valence-corrected chi connectivity index (χ2v) is 8.03. The number of nitrogens with one attached hydrogen (secondary N) is 1. The number of hydrogen-bond acceptors (Lipinski definition) is 5. The van der Waals surface area contributed by atoms with Gasteiger partial charge in [-0.3, -0.25) is 23.9 Å². The number of aryl methyl sites for hydroxylation is 1. The van der Waals surface area contributed by atoms with Crippen molar-refractivity contribution in [2.75, 3.05) is 39.4 Å². The Hall–Kier alpha value is -2.42. The molecule has 1 N–H and O–H groups in total. The van der Waals surface area contributed by atoms with Gasteiger partial charge in [0.25, 0.3) is 5.56 Å². The van der Waals surface area contributed by atoms with Crippen LogP contribution in [0.2, 0.25) is 0 Å². The number of hydrogen-bond donors (Lipinski definition) is 1. The zero-order chi connectivity index (χ0) is 19.8. The Morgan fingerprint density at radius 3 is 2.68 bits per heavy atom. The third kappa shape index (κ3) is 3.50. The summed E-state index contributed by atoms with van der Waals surface area (Å²) in [4.78, 5) is 54.8. The number of carbonyl (C=O) groups excluding carboxylic acids is 2. The average molecular weight is 390 g/mol. The molecule has 1 saturated carbocycles. The van der Waals surface area contributed by atoms with Gasteiger partial charge in [0.1, 0.15) is 6.54 Å². The largest absolute Gasteiger partial charge is 0.378 e. The molecule has 3 fully saturated rings. The van der Waals surface area contributed by atoms with Crippen molar-refractivity contribution in [3.63, 3.8) is 0 Å². The summed E-state index contributed by atoms with van der Waals surface area (Å²) in [5, 5.41) is 0. The van der Waals surface area contributed by atoms with Crippen molar-refractivity contribution in [1.29, 1.82) is 0 Å². The van der Waals surface area contributed by atoms with Crippen LogP contribution in [0.15, 0.2) is 15.8 Å². The maximum atomic E-state index is 12.8. The van der Waals surface area contributed by atoms with Crippen LogP contribution in [0.1, 0.15) is 18.4 Å². The van der Waals surface area contributed by atoms with Gasteiger partial charge in [-0.2, -0.15) is 0 Å². The number of morpholine rings is 1. The highest BCUT2D eigenvalue weighted by atomic mass is 16.5. The summed E-state index contributed by atoms with van der Waals surface area (Å²) in [6.45, 7) is 5.16. The molecule has 152 valence electrons. The molecule has 2 amide bonds. The van der Waals surface area contributed by atoms with Crippen LogP contribution in [0.4, 0.5) is 0 Å². The van der Waals surface area contributed by atoms with E-state index in [4.69, 9.17) is 4.74 Å². The fourth-order valence-electron chi connectivity index (χ4n) is 4.59. The Labute approximate surface area is 162 Å². The van der Waals surface area contributed by atoms with Gasteiger partial charge < -0.3 is 14.5 Å². The topological polar surface area (TPSA) is 105 Å². The number of likely N-dealkylation sites (tertiary alicyclic amines) is 1. The number of aromatic nitrogens is 2. The van der Waals surface area contributed by atoms with Gasteiger partial charge in [0.15, 0.2) is 0 Å². The molecule has 9 nitrogen and oxygen atoms in total. The van der Waals surface area contributed by atoms with E-state index in [0.717, 1.165) is 12.8 Å². The highest BCUT2D eigenvalue weighted by Gasteiger charge is 2.49. The maximum Gasteiger partial charge on any atom is 0.328 e. The van der Waals surface area contributed by atoms with Gasteiger partial charge in [-0.05, 0) is 31.6 Å². The summed E-state index contributed by atoms with van der Waals surface area (Å²) in [7, 11) is 0. The predicted molar refractivity (Wildman–Crippen MR) is 99.7 cm³/mol. The molecule has 3 atom stereocenters. The Balaban J connectivity index is 1.40. The summed E-state index contributed by atoms with van der Waals surface area (Å²) < 4.78 is 6.56. The molecule has 0 spiro atoms. The maximum absolute atomic E-state index is 12.8. The fraction of sp³-hybridized carbons (Fsp3) is 0.684. The molecule has 1 aromatic heterocycles. The number of amides is 2. The van der Waals surface area contributed by atoms with E-state index in [1.165, 1.54) is 10.8 Å². The van der Waals surface area contributed by atoms with E-state index in [-0.39, 0.29) is 30.2 Å². The number of fused-ring (bicyclic) bond motifs is 1. The van der Waals surface area contributed by atoms with Crippen LogP contribution in [0.3, 0.4) is 0 Å². The number of rotatable bonds is 3. The lowest BCUT2D eigenvalue weighted by molar-refractivity contribution is -0.155. The van der Waals surface area contributed by atoms with Gasteiger partial charge in [0.2, 0.25) is 11.8 Å². The van der Waals surface area contributed by atoms with Crippen LogP contribution in [-0.2, 0) is 20.9 Å². The predicted octanol–water partition coefficient (Wildman–Crippen LogP) is -0.812. The number of nitrogens with zero attached hydrogens (tertiary/aromatic N) is 3. The van der Waals surface area contributed by atoms with Gasteiger partial charge in [-0.25, -0.2) is 4.79 Å². The van der Waals surface area contributed by atoms with E-state index in [1.54, 1.807) is 11.8 Å². The second kappa shape index (κ2) is 7.54. The molecule has 0 unspecified atom stereocenters. The van der Waals surface area contributed by atoms with Crippen LogP contribution in [-0.4, -0.2) is 70.6 Å². The van der Waals surface area contributed by atoms with Crippen molar-refractivity contribution in [1.82, 2.24) is 19.4 Å². The van der Waals surface area contributed by atoms with E-state index < -0.39 is 11.2 Å². The first-order chi connectivity index (χ1) is 13.4. The third-order valence-electron chi connectivity index (χ3n) is 6.37. The molecule has 1 aromatic rings. The Bertz CT molecular complexity index is 885. The van der Waals surface area contributed by atoms with Crippen molar-refractivity contribution < 1.29 is 14.3 Å². The van der Waals surface area contributed by atoms with Crippen LogP contribution < -0.4 is 11.2 Å². The van der Waals surface area contributed by atoms with E-state index in [1.807, 2.05) is 4.90 Å². The summed E-state index contributed by atoms with van der Waals surface area (Å²) in [5.41, 5.74) is -0.627. The molecule has 0 aromatic carbocycles. The SMILES string of the molecule is Cc1cn(CC(=O)N2CC[C@@H]3C[C@@H](C(=O)N4CCOCC4)[C@@H]3C2)c(=O)[nH]c1=O. The van der Waals surface area contributed by atoms with Gasteiger partial charge in [0.05, 0.1) is 13.2 Å². The molecule has 4 rings (SSSR count). The number of carbonyl (C=O) groups is 2. The minimum absolute atomic E-state index is 0.0169. The Morgan fingerprint density at radius 2 is 1.93 bits per heavy atom. The Kier molecular flexibility index (Phi) is 5.09. The second-order valence-electron chi connectivity index (χ2n) is 8.03. The van der Waals surface area contributed by atoms with Crippen molar-refractivity contribution in [3.05, 3.63) is 32.6 Å². The molecular weight excluding hydrogens is 364 g/mol. The molecule has 2 saturated heterocycles. The molecule has 0 radical (unpaired) electrons. The quantitative estimate of drug-likeness (QED) is 0.727. The first kappa shape index (κ1) is 18.9. The molecule has 3 aliphatic rings. The van der Waals surface area contributed by atoms with Crippen LogP contribution in [0, 0.1) is 24.7 Å². The first-order valence-corrected chi connectivity index (χ1v) is 9.88. The molecule has 2 aliphatic heterocycles. The van der Waals surface area contributed by atoms with Gasteiger partial charge in [-0.1, -0.05) is 0 Å². The minimum Gasteiger partial charge on any atom is -0.378 e. The molecule has 1 aliphatic carbocycles. The summed E-state index contributed by atoms with van der Waals surface area (Å²) in [6, 6.07) is 0. The smallest absolute Gasteiger partial charge is 0.328 e. The lowest BCUT2D eigenvalue weighted by Gasteiger charge is -2.51. The normalized spacial score (nSPS) is 27.1. The van der Waals surface area contributed by atoms with E-state index >= 15 is 0 Å². The average Bonchev–Trinajstić information content (AvgIpc) is 2.67. The van der Waals surface area contributed by atoms with Crippen LogP contribution in [0.5, 0.6) is 0 Å². The van der Waals surface area contributed by atoms with Crippen molar-refractivity contribution in [2.24, 2.45) is 17.8 Å². The van der Waals surface area contributed by atoms with Crippen molar-refractivity contribution in [3.8, 4) is 0 Å². The first-order valence-electron chi connectivity index (χ1n) is 9.88. The molecule has 28 heavy (non-hydrogen) atoms. The number of piperidine rings is 1. The zero-order valence-electron chi connectivity index (χ0n) is 16.1. The van der Waals surface area contributed by atoms with E-state index in [0.29, 0.717) is 50.9 Å². The summed E-state index contributed by atoms with van der Waals surface area (Å²) in [5.74, 6) is 0.707. The van der Waals surface area contributed by atoms with E-state index in [2.05, 4.69) is 4.98 Å². The van der Waals surface area contributed by atoms with Gasteiger partial charge in [0, 0.05) is 43.9 Å². The summed E-state index contributed by atoms with van der Waals surface area (Å²) in [6.07, 6.45) is 3.21. The van der Waals surface area contributed by atoms with Gasteiger partial charge in [-0.15, -0.1) is 0 Å². The fourth-order valence-corrected chi connectivity index (χ4v) is 4.59. The molecule has 3 heterocycles. The molecular formula is C19H26N4O5. The van der Waals surface area contributed by atoms with Crippen molar-refractivity contribution in [2.45, 2.75) is 26.3 Å². The standard InChI is InChI=1S/C19H26N4O5/c1-12-9-23(19(27)20-17(12)25)11-16(24)22-3-2-13-8-14(15(13)10-22)18(26)21-4-6-28-7-5-21/h9,13-15H,2-8,10-11H2,1H3,(H,20,25,27)/t13-,14-,15-/m1/s1. The molecule has 0 bridgehead atoms. The number of aromatic amines is 1. The van der Waals surface area contributed by atoms with E-state index in [9.17, 15) is 19.2 Å². The minimum atomic E-state index is -0.581. The van der Waals surface area contributed by atoms with Crippen LogP contribution >= 0.6 is 0 Å². The monoisotopic (exact) mass is 390 g/mol. The lowest BCUT2D eigenvalue weighted by atomic mass is 9.61. The number of ether oxygens (including phenoxy) is 1. The van der Waals surface area contributed by atoms with Crippen molar-refractivity contribution >= 4 is 11.8 Å². The summed E-state index contributed by atoms with van der Waals surface area (Å²) >= 11 is 0. The molecule has 9 heteroatoms. The highest BCUT2D eigenvalue weighted by Crippen LogP contribution is 2.46. The highest BCUT2D eigenvalue weighted by molar-refractivity contribution is 5.81. The third-order valence-corrected chi connectivity index (χ3v) is 6.37.